The van der Waals surface area contributed by atoms with E-state index < -0.39 is 0 Å². The van der Waals surface area contributed by atoms with Crippen LogP contribution in [0.4, 0.5) is 0 Å². The van der Waals surface area contributed by atoms with Crippen molar-refractivity contribution in [3.05, 3.63) is 24.0 Å². The topological polar surface area (TPSA) is 35.7 Å². The number of hydrogen-bond donors (Lipinski definition) is 1. The highest BCUT2D eigenvalue weighted by Crippen LogP contribution is 1.91. The highest BCUT2D eigenvalue weighted by Gasteiger charge is 1.83. The number of H-pyrrole nitrogens is 1. The third-order valence-corrected chi connectivity index (χ3v) is 0.818. The second kappa shape index (κ2) is 1.80. The Balaban J connectivity index is 2.76. The molecule has 0 bridgehead atoms. The molecule has 2 nitrogen and oxygen atoms in total. The normalized spacial score (nSPS) is 9.29. The minimum absolute atomic E-state index is 0.146. The molecule has 1 N–H and O–H groups in total. The minimum Gasteiger partial charge on any atom is -0.363 e. The Morgan fingerprint density at radius 1 is 1.71 bits per heavy atom. The van der Waals surface area contributed by atoms with Gasteiger partial charge in [-0.05, 0) is 12.1 Å². The fraction of sp³-hybridized carbons (Fsp3) is 0.200. The van der Waals surface area contributed by atoms with E-state index in [2.05, 4.69) is 4.98 Å². The van der Waals surface area contributed by atoms with Crippen LogP contribution in [0.3, 0.4) is 0 Å². The van der Waals surface area contributed by atoms with E-state index in [0.717, 1.165) is 5.69 Å². The Kier molecular flexibility index (Phi) is 1.13. The van der Waals surface area contributed by atoms with Crippen LogP contribution in [0.25, 0.3) is 0 Å². The van der Waals surface area contributed by atoms with Gasteiger partial charge < -0.3 is 4.98 Å². The molecule has 7 heavy (non-hydrogen) atoms. The van der Waals surface area contributed by atoms with Gasteiger partial charge in [-0.1, -0.05) is 0 Å². The first kappa shape index (κ1) is 4.40. The maximum absolute atomic E-state index is 9.96. The molecule has 1 radical (unpaired) electrons. The zero-order chi connectivity index (χ0) is 5.11. The lowest BCUT2D eigenvalue weighted by Crippen LogP contribution is -1.75. The lowest BCUT2D eigenvalue weighted by Gasteiger charge is -1.78. The molecule has 0 atom stereocenters. The van der Waals surface area contributed by atoms with Crippen molar-refractivity contribution in [1.82, 2.24) is 4.98 Å². The molecule has 37 valence electrons. The molecule has 0 aliphatic heterocycles. The van der Waals surface area contributed by atoms with E-state index >= 15 is 0 Å². The molecular weight excluding hydrogens is 90.1 g/mol. The third kappa shape index (κ3) is 0.810. The molecule has 0 saturated carbocycles. The Morgan fingerprint density at radius 3 is 2.86 bits per heavy atom. The van der Waals surface area contributed by atoms with E-state index in [1.165, 1.54) is 0 Å². The van der Waals surface area contributed by atoms with E-state index in [0.29, 0.717) is 0 Å². The van der Waals surface area contributed by atoms with E-state index in [9.17, 15) is 5.11 Å². The average molecular weight is 96.1 g/mol. The summed E-state index contributed by atoms with van der Waals surface area (Å²) >= 11 is 0. The minimum atomic E-state index is -0.146. The third-order valence-electron chi connectivity index (χ3n) is 0.818. The quantitative estimate of drug-likeness (QED) is 0.540. The first-order valence-corrected chi connectivity index (χ1v) is 2.14. The maximum Gasteiger partial charge on any atom is 0.122 e. The summed E-state index contributed by atoms with van der Waals surface area (Å²) in [6.07, 6.45) is 1.74. The standard InChI is InChI=1S/C5H6NO/c7-4-5-2-1-3-6-5/h1-3,6H,4H2. The summed E-state index contributed by atoms with van der Waals surface area (Å²) in [5.74, 6) is 0. The highest BCUT2D eigenvalue weighted by molar-refractivity contribution is 5.01. The lowest BCUT2D eigenvalue weighted by molar-refractivity contribution is 0.174. The molecule has 0 aliphatic carbocycles. The smallest absolute Gasteiger partial charge is 0.122 e. The van der Waals surface area contributed by atoms with Crippen LogP contribution in [0.2, 0.25) is 0 Å². The number of aromatic nitrogens is 1. The van der Waals surface area contributed by atoms with Gasteiger partial charge in [0, 0.05) is 11.9 Å². The molecule has 1 aromatic heterocycles. The summed E-state index contributed by atoms with van der Waals surface area (Å²) in [6, 6.07) is 3.58. The molecule has 0 fully saturated rings. The first-order chi connectivity index (χ1) is 3.43. The van der Waals surface area contributed by atoms with E-state index in [1.54, 1.807) is 12.3 Å². The van der Waals surface area contributed by atoms with Crippen LogP contribution < -0.4 is 0 Å². The maximum atomic E-state index is 9.96. The fourth-order valence-electron chi connectivity index (χ4n) is 0.457. The fourth-order valence-corrected chi connectivity index (χ4v) is 0.457. The van der Waals surface area contributed by atoms with Gasteiger partial charge >= 0.3 is 0 Å². The summed E-state index contributed by atoms with van der Waals surface area (Å²) in [7, 11) is 0. The van der Waals surface area contributed by atoms with Crippen LogP contribution >= 0.6 is 0 Å². The van der Waals surface area contributed by atoms with Crippen molar-refractivity contribution in [2.24, 2.45) is 0 Å². The van der Waals surface area contributed by atoms with Gasteiger partial charge in [0.2, 0.25) is 0 Å². The summed E-state index contributed by atoms with van der Waals surface area (Å²) in [5.41, 5.74) is 0.750. The molecule has 1 aromatic rings. The van der Waals surface area contributed by atoms with Crippen molar-refractivity contribution in [1.29, 1.82) is 0 Å². The Bertz CT molecular complexity index is 123. The highest BCUT2D eigenvalue weighted by atomic mass is 16.3. The molecule has 0 saturated heterocycles. The van der Waals surface area contributed by atoms with Crippen molar-refractivity contribution < 1.29 is 5.11 Å². The van der Waals surface area contributed by atoms with Crippen molar-refractivity contribution in [2.75, 3.05) is 0 Å². The SMILES string of the molecule is [O]Cc1ccc[nH]1. The van der Waals surface area contributed by atoms with Crippen LogP contribution in [0.15, 0.2) is 18.3 Å². The number of hydrogen-bond acceptors (Lipinski definition) is 0. The van der Waals surface area contributed by atoms with Crippen molar-refractivity contribution in [3.63, 3.8) is 0 Å². The monoisotopic (exact) mass is 96.0 g/mol. The summed E-state index contributed by atoms with van der Waals surface area (Å²) in [6.45, 7) is -0.146. The van der Waals surface area contributed by atoms with E-state index in [-0.39, 0.29) is 6.61 Å². The van der Waals surface area contributed by atoms with Gasteiger partial charge in [0.25, 0.3) is 0 Å². The van der Waals surface area contributed by atoms with Gasteiger partial charge in [0.05, 0.1) is 0 Å². The van der Waals surface area contributed by atoms with Gasteiger partial charge in [-0.15, -0.1) is 0 Å². The Hall–Kier alpha value is -0.760. The van der Waals surface area contributed by atoms with E-state index in [1.807, 2.05) is 6.07 Å². The molecule has 1 heterocycles. The van der Waals surface area contributed by atoms with Gasteiger partial charge in [-0.25, -0.2) is 5.11 Å². The summed E-state index contributed by atoms with van der Waals surface area (Å²) in [5, 5.41) is 9.96. The summed E-state index contributed by atoms with van der Waals surface area (Å²) < 4.78 is 0. The average Bonchev–Trinajstić information content (AvgIpc) is 2.14. The molecule has 2 heteroatoms. The van der Waals surface area contributed by atoms with Gasteiger partial charge in [0.1, 0.15) is 6.61 Å². The predicted octanol–water partition coefficient (Wildman–Crippen LogP) is 0.945. The van der Waals surface area contributed by atoms with Crippen LogP contribution in [-0.2, 0) is 11.7 Å². The molecule has 1 rings (SSSR count). The number of rotatable bonds is 1. The van der Waals surface area contributed by atoms with Gasteiger partial charge in [-0.3, -0.25) is 0 Å². The van der Waals surface area contributed by atoms with Crippen LogP contribution in [0.1, 0.15) is 5.69 Å². The molecule has 0 amide bonds. The molecule has 0 aliphatic rings. The van der Waals surface area contributed by atoms with Crippen molar-refractivity contribution >= 4 is 0 Å². The summed E-state index contributed by atoms with van der Waals surface area (Å²) in [4.78, 5) is 2.77. The van der Waals surface area contributed by atoms with Crippen LogP contribution in [0, 0.1) is 0 Å². The molecule has 0 unspecified atom stereocenters. The van der Waals surface area contributed by atoms with E-state index in [4.69, 9.17) is 0 Å². The predicted molar refractivity (Wildman–Crippen MR) is 25.2 cm³/mol. The molecule has 0 spiro atoms. The van der Waals surface area contributed by atoms with Gasteiger partial charge in [-0.2, -0.15) is 0 Å². The second-order valence-corrected chi connectivity index (χ2v) is 1.34. The zero-order valence-electron chi connectivity index (χ0n) is 3.85. The van der Waals surface area contributed by atoms with Crippen LogP contribution in [-0.4, -0.2) is 4.98 Å². The van der Waals surface area contributed by atoms with Crippen molar-refractivity contribution in [2.45, 2.75) is 6.61 Å². The Labute approximate surface area is 41.8 Å². The second-order valence-electron chi connectivity index (χ2n) is 1.34. The zero-order valence-corrected chi connectivity index (χ0v) is 3.85. The van der Waals surface area contributed by atoms with Crippen LogP contribution in [0.5, 0.6) is 0 Å². The Morgan fingerprint density at radius 2 is 2.57 bits per heavy atom. The number of aromatic amines is 1. The van der Waals surface area contributed by atoms with Crippen molar-refractivity contribution in [3.8, 4) is 0 Å². The van der Waals surface area contributed by atoms with Gasteiger partial charge in [0.15, 0.2) is 0 Å². The first-order valence-electron chi connectivity index (χ1n) is 2.14. The molecular formula is C5H6NO. The largest absolute Gasteiger partial charge is 0.363 e. The number of nitrogens with one attached hydrogen (secondary N) is 1. The lowest BCUT2D eigenvalue weighted by atomic mass is 10.5. The molecule has 0 aromatic carbocycles.